The van der Waals surface area contributed by atoms with E-state index in [4.69, 9.17) is 9.47 Å². The molecule has 0 aromatic heterocycles. The monoisotopic (exact) mass is 224 g/mol. The average Bonchev–Trinajstić information content (AvgIpc) is 2.15. The lowest BCUT2D eigenvalue weighted by molar-refractivity contribution is 0.353. The average molecular weight is 224 g/mol. The van der Waals surface area contributed by atoms with Crippen LogP contribution in [0.5, 0.6) is 11.5 Å². The predicted octanol–water partition coefficient (Wildman–Crippen LogP) is 2.56. The summed E-state index contributed by atoms with van der Waals surface area (Å²) < 4.78 is 10.7. The first-order valence-electron chi connectivity index (χ1n) is 5.14. The summed E-state index contributed by atoms with van der Waals surface area (Å²) in [7, 11) is 2.07. The molecular formula is C12H20O2Si. The summed E-state index contributed by atoms with van der Waals surface area (Å²) in [6.07, 6.45) is 0. The van der Waals surface area contributed by atoms with Crippen molar-refractivity contribution in [1.29, 1.82) is 0 Å². The summed E-state index contributed by atoms with van der Waals surface area (Å²) in [6.45, 7) is 9.11. The smallest absolute Gasteiger partial charge is 0.163 e. The summed E-state index contributed by atoms with van der Waals surface area (Å²) in [5.41, 5.74) is 1.22. The van der Waals surface area contributed by atoms with Gasteiger partial charge in [0.1, 0.15) is 0 Å². The Morgan fingerprint density at radius 3 is 2.00 bits per heavy atom. The molecule has 0 fully saturated rings. The number of ether oxygens (including phenoxy) is 2. The number of benzene rings is 1. The molecule has 0 radical (unpaired) electrons. The van der Waals surface area contributed by atoms with Gasteiger partial charge in [-0.15, -0.1) is 0 Å². The van der Waals surface area contributed by atoms with Crippen LogP contribution < -0.4 is 14.7 Å². The van der Waals surface area contributed by atoms with Crippen molar-refractivity contribution < 1.29 is 9.47 Å². The maximum Gasteiger partial charge on any atom is 0.163 e. The Balaban J connectivity index is 3.36. The van der Waals surface area contributed by atoms with E-state index in [1.807, 2.05) is 6.07 Å². The van der Waals surface area contributed by atoms with Gasteiger partial charge in [-0.1, -0.05) is 30.9 Å². The van der Waals surface area contributed by atoms with Gasteiger partial charge in [-0.25, -0.2) is 0 Å². The highest BCUT2D eigenvalue weighted by Gasteiger charge is 2.22. The number of hydrogen-bond donors (Lipinski definition) is 0. The molecule has 0 saturated carbocycles. The molecule has 0 saturated heterocycles. The first-order valence-corrected chi connectivity index (χ1v) is 8.64. The maximum absolute atomic E-state index is 5.40. The number of methoxy groups -OCH3 is 2. The van der Waals surface area contributed by atoms with Gasteiger partial charge in [0.15, 0.2) is 11.5 Å². The molecule has 0 unspecified atom stereocenters. The molecule has 1 rings (SSSR count). The van der Waals surface area contributed by atoms with Gasteiger partial charge in [0.25, 0.3) is 0 Å². The van der Waals surface area contributed by atoms with Crippen LogP contribution in [0.4, 0.5) is 0 Å². The van der Waals surface area contributed by atoms with Crippen LogP contribution in [0.3, 0.4) is 0 Å². The molecule has 0 amide bonds. The second-order valence-corrected chi connectivity index (χ2v) is 9.76. The van der Waals surface area contributed by atoms with Gasteiger partial charge in [-0.3, -0.25) is 0 Å². The van der Waals surface area contributed by atoms with Crippen molar-refractivity contribution in [3.05, 3.63) is 17.7 Å². The van der Waals surface area contributed by atoms with Crippen molar-refractivity contribution in [2.75, 3.05) is 14.2 Å². The Morgan fingerprint density at radius 2 is 1.60 bits per heavy atom. The highest BCUT2D eigenvalue weighted by Crippen LogP contribution is 2.30. The Hall–Kier alpha value is -0.963. The fourth-order valence-corrected chi connectivity index (χ4v) is 3.72. The lowest BCUT2D eigenvalue weighted by Gasteiger charge is -2.22. The molecule has 15 heavy (non-hydrogen) atoms. The predicted molar refractivity (Wildman–Crippen MR) is 67.3 cm³/mol. The second kappa shape index (κ2) is 4.27. The standard InChI is InChI=1S/C12H20O2Si/c1-9-11(15(4,5)6)8-7-10(13-2)12(9)14-3/h7-8H,1-6H3. The Labute approximate surface area is 93.2 Å². The van der Waals surface area contributed by atoms with Crippen molar-refractivity contribution in [3.63, 3.8) is 0 Å². The first kappa shape index (κ1) is 12.1. The van der Waals surface area contributed by atoms with E-state index in [-0.39, 0.29) is 0 Å². The van der Waals surface area contributed by atoms with E-state index in [2.05, 4.69) is 32.6 Å². The van der Waals surface area contributed by atoms with E-state index < -0.39 is 8.07 Å². The zero-order valence-electron chi connectivity index (χ0n) is 10.5. The topological polar surface area (TPSA) is 18.5 Å². The quantitative estimate of drug-likeness (QED) is 0.735. The molecule has 0 aliphatic heterocycles. The van der Waals surface area contributed by atoms with Gasteiger partial charge in [0.2, 0.25) is 0 Å². The minimum absolute atomic E-state index is 0.817. The fraction of sp³-hybridized carbons (Fsp3) is 0.500. The van der Waals surface area contributed by atoms with Crippen molar-refractivity contribution in [2.45, 2.75) is 26.6 Å². The molecule has 0 bridgehead atoms. The van der Waals surface area contributed by atoms with E-state index in [0.29, 0.717) is 0 Å². The summed E-state index contributed by atoms with van der Waals surface area (Å²) >= 11 is 0. The van der Waals surface area contributed by atoms with Crippen LogP contribution in [0.25, 0.3) is 0 Å². The molecule has 84 valence electrons. The Bertz CT molecular complexity index is 353. The summed E-state index contributed by atoms with van der Waals surface area (Å²) in [6, 6.07) is 4.17. The van der Waals surface area contributed by atoms with Crippen LogP contribution >= 0.6 is 0 Å². The van der Waals surface area contributed by atoms with E-state index >= 15 is 0 Å². The lowest BCUT2D eigenvalue weighted by Crippen LogP contribution is -2.39. The Kier molecular flexibility index (Phi) is 3.45. The van der Waals surface area contributed by atoms with Crippen molar-refractivity contribution in [2.24, 2.45) is 0 Å². The Morgan fingerprint density at radius 1 is 1.00 bits per heavy atom. The highest BCUT2D eigenvalue weighted by molar-refractivity contribution is 6.89. The third-order valence-corrected chi connectivity index (χ3v) is 4.76. The van der Waals surface area contributed by atoms with Crippen LogP contribution in [0.15, 0.2) is 12.1 Å². The summed E-state index contributed by atoms with van der Waals surface area (Å²) in [4.78, 5) is 0. The molecule has 3 heteroatoms. The van der Waals surface area contributed by atoms with Crippen molar-refractivity contribution >= 4 is 13.3 Å². The van der Waals surface area contributed by atoms with Gasteiger partial charge in [-0.05, 0) is 18.6 Å². The molecule has 0 aliphatic rings. The fourth-order valence-electron chi connectivity index (χ4n) is 1.89. The zero-order chi connectivity index (χ0) is 11.6. The van der Waals surface area contributed by atoms with Gasteiger partial charge >= 0.3 is 0 Å². The second-order valence-electron chi connectivity index (χ2n) is 4.72. The summed E-state index contributed by atoms with van der Waals surface area (Å²) in [5, 5.41) is 1.43. The van der Waals surface area contributed by atoms with Gasteiger partial charge in [0, 0.05) is 0 Å². The molecule has 2 nitrogen and oxygen atoms in total. The normalized spacial score (nSPS) is 11.3. The highest BCUT2D eigenvalue weighted by atomic mass is 28.3. The molecule has 0 atom stereocenters. The number of rotatable bonds is 3. The van der Waals surface area contributed by atoms with Crippen LogP contribution in [-0.4, -0.2) is 22.3 Å². The minimum atomic E-state index is -1.30. The van der Waals surface area contributed by atoms with Crippen LogP contribution in [0, 0.1) is 6.92 Å². The van der Waals surface area contributed by atoms with Crippen molar-refractivity contribution in [1.82, 2.24) is 0 Å². The van der Waals surface area contributed by atoms with E-state index in [9.17, 15) is 0 Å². The first-order chi connectivity index (χ1) is 6.91. The van der Waals surface area contributed by atoms with Crippen LogP contribution in [0.1, 0.15) is 5.56 Å². The van der Waals surface area contributed by atoms with E-state index in [0.717, 1.165) is 11.5 Å². The van der Waals surface area contributed by atoms with Crippen LogP contribution in [0.2, 0.25) is 19.6 Å². The van der Waals surface area contributed by atoms with E-state index in [1.165, 1.54) is 10.8 Å². The SMILES string of the molecule is COc1ccc([Si](C)(C)C)c(C)c1OC. The minimum Gasteiger partial charge on any atom is -0.493 e. The molecule has 0 spiro atoms. The van der Waals surface area contributed by atoms with Crippen molar-refractivity contribution in [3.8, 4) is 11.5 Å². The molecule has 1 aromatic rings. The van der Waals surface area contributed by atoms with Crippen LogP contribution in [-0.2, 0) is 0 Å². The molecular weight excluding hydrogens is 204 g/mol. The van der Waals surface area contributed by atoms with E-state index in [1.54, 1.807) is 14.2 Å². The molecule has 0 aliphatic carbocycles. The van der Waals surface area contributed by atoms with Gasteiger partial charge in [-0.2, -0.15) is 0 Å². The lowest BCUT2D eigenvalue weighted by atomic mass is 10.2. The molecule has 1 aromatic carbocycles. The number of hydrogen-bond acceptors (Lipinski definition) is 2. The maximum atomic E-state index is 5.40. The largest absolute Gasteiger partial charge is 0.493 e. The molecule has 0 N–H and O–H groups in total. The molecule has 0 heterocycles. The van der Waals surface area contributed by atoms with Gasteiger partial charge in [0.05, 0.1) is 22.3 Å². The third-order valence-electron chi connectivity index (χ3n) is 2.60. The summed E-state index contributed by atoms with van der Waals surface area (Å²) in [5.74, 6) is 1.69. The van der Waals surface area contributed by atoms with Gasteiger partial charge < -0.3 is 9.47 Å². The zero-order valence-corrected chi connectivity index (χ0v) is 11.5. The third kappa shape index (κ3) is 2.34.